The number of fused-ring (bicyclic) bond motifs is 1. The molecule has 0 saturated heterocycles. The van der Waals surface area contributed by atoms with Gasteiger partial charge < -0.3 is 18.9 Å². The monoisotopic (exact) mass is 578 g/mol. The minimum Gasteiger partial charge on any atom is -0.497 e. The van der Waals surface area contributed by atoms with Crippen LogP contribution in [0.25, 0.3) is 0 Å². The lowest BCUT2D eigenvalue weighted by Gasteiger charge is -2.36. The van der Waals surface area contributed by atoms with Crippen LogP contribution in [-0.2, 0) is 39.0 Å². The Balaban J connectivity index is 1.61. The molecule has 0 bridgehead atoms. The molecule has 3 aromatic rings. The number of carbonyl (C=O) groups is 2. The Morgan fingerprint density at radius 2 is 1.83 bits per heavy atom. The molecule has 8 nitrogen and oxygen atoms in total. The number of rotatable bonds is 11. The van der Waals surface area contributed by atoms with Gasteiger partial charge >= 0.3 is 0 Å². The molecule has 0 fully saturated rings. The minimum absolute atomic E-state index is 0.0442. The minimum atomic E-state index is -2.71. The van der Waals surface area contributed by atoms with Gasteiger partial charge in [-0.2, -0.15) is 5.16 Å². The molecule has 1 aromatic heterocycles. The first-order chi connectivity index (χ1) is 19.4. The number of H-pyrrole nitrogens is 1. The topological polar surface area (TPSA) is 102 Å². The molecule has 41 heavy (non-hydrogen) atoms. The van der Waals surface area contributed by atoms with Gasteiger partial charge in [0.05, 0.1) is 20.1 Å². The highest BCUT2D eigenvalue weighted by molar-refractivity contribution is 5.92. The lowest BCUT2D eigenvalue weighted by Crippen LogP contribution is -2.44. The van der Waals surface area contributed by atoms with Gasteiger partial charge in [-0.25, -0.2) is 17.6 Å². The van der Waals surface area contributed by atoms with Crippen LogP contribution in [0.5, 0.6) is 5.75 Å². The van der Waals surface area contributed by atoms with Crippen LogP contribution in [0, 0.1) is 11.6 Å². The van der Waals surface area contributed by atoms with Crippen LogP contribution < -0.4 is 10.3 Å². The summed E-state index contributed by atoms with van der Waals surface area (Å²) in [6.45, 7) is 1.91. The summed E-state index contributed by atoms with van der Waals surface area (Å²) < 4.78 is 70.5. The van der Waals surface area contributed by atoms with E-state index in [-0.39, 0.29) is 36.5 Å². The number of Topliss-reactive ketones (excluding diaryl/α,β-unsaturated/α-hetero) is 1. The number of benzene rings is 2. The molecule has 0 spiro atoms. The maximum absolute atomic E-state index is 15.2. The number of aromatic nitrogens is 1. The third-order valence-electron chi connectivity index (χ3n) is 6.97. The number of methoxy groups -OCH3 is 1. The lowest BCUT2D eigenvalue weighted by molar-refractivity contribution is -0.140. The number of amides is 1. The van der Waals surface area contributed by atoms with E-state index in [9.17, 15) is 23.2 Å². The Bertz CT molecular complexity index is 1460. The van der Waals surface area contributed by atoms with Gasteiger partial charge in [0.2, 0.25) is 5.91 Å². The van der Waals surface area contributed by atoms with Gasteiger partial charge in [-0.15, -0.1) is 0 Å². The number of hydrogen-bond acceptors (Lipinski definition) is 6. The Labute approximate surface area is 233 Å². The number of alkyl halides is 2. The summed E-state index contributed by atoms with van der Waals surface area (Å²) in [7, 11) is 1.51. The number of halogens is 4. The molecular weight excluding hydrogens is 548 g/mol. The van der Waals surface area contributed by atoms with E-state index in [2.05, 4.69) is 5.16 Å². The second-order valence-corrected chi connectivity index (χ2v) is 10.5. The van der Waals surface area contributed by atoms with Crippen LogP contribution in [0.2, 0.25) is 0 Å². The molecule has 1 amide bonds. The molecule has 4 rings (SSSR count). The van der Waals surface area contributed by atoms with E-state index in [1.165, 1.54) is 25.9 Å². The highest BCUT2D eigenvalue weighted by Gasteiger charge is 2.37. The van der Waals surface area contributed by atoms with E-state index in [0.29, 0.717) is 17.7 Å². The maximum Gasteiger partial charge on any atom is 0.280 e. The quantitative estimate of drug-likeness (QED) is 0.341. The fraction of sp³-hybridized carbons (Fsp3) is 0.414. The molecule has 2 heterocycles. The maximum atomic E-state index is 15.2. The van der Waals surface area contributed by atoms with Gasteiger partial charge in [-0.05, 0) is 47.4 Å². The summed E-state index contributed by atoms with van der Waals surface area (Å²) in [6.07, 6.45) is -2.95. The molecule has 2 aromatic carbocycles. The summed E-state index contributed by atoms with van der Waals surface area (Å²) in [5.41, 5.74) is -0.721. The highest BCUT2D eigenvalue weighted by atomic mass is 19.3. The Morgan fingerprint density at radius 1 is 1.12 bits per heavy atom. The Morgan fingerprint density at radius 3 is 2.44 bits per heavy atom. The number of carbonyl (C=O) groups excluding carboxylic acids is 2. The number of nitrogens with zero attached hydrogens (tertiary/aromatic N) is 1. The summed E-state index contributed by atoms with van der Waals surface area (Å²) in [4.78, 5) is 39.8. The van der Waals surface area contributed by atoms with Crippen LogP contribution in [0.4, 0.5) is 17.6 Å². The second kappa shape index (κ2) is 12.3. The van der Waals surface area contributed by atoms with Crippen molar-refractivity contribution in [3.05, 3.63) is 86.4 Å². The van der Waals surface area contributed by atoms with E-state index in [1.807, 2.05) is 0 Å². The molecule has 1 aliphatic rings. The van der Waals surface area contributed by atoms with Crippen molar-refractivity contribution < 1.29 is 41.1 Å². The summed E-state index contributed by atoms with van der Waals surface area (Å²) in [5.74, 6) is -2.16. The first kappa shape index (κ1) is 30.0. The molecule has 0 saturated carbocycles. The summed E-state index contributed by atoms with van der Waals surface area (Å²) >= 11 is 0. The van der Waals surface area contributed by atoms with E-state index < -0.39 is 59.8 Å². The second-order valence-electron chi connectivity index (χ2n) is 10.5. The molecule has 12 heteroatoms. The normalized spacial score (nSPS) is 15.2. The van der Waals surface area contributed by atoms with Gasteiger partial charge in [-0.1, -0.05) is 19.9 Å². The zero-order valence-corrected chi connectivity index (χ0v) is 22.8. The van der Waals surface area contributed by atoms with Crippen molar-refractivity contribution in [1.29, 1.82) is 0 Å². The Hall–Kier alpha value is -3.93. The number of hydrogen-bond donors (Lipinski definition) is 1. The molecular formula is C29H30F4N2O6. The first-order valence-electron chi connectivity index (χ1n) is 12.9. The SMILES string of the molecule is COc1ccc2c(c1)CCN(C(=O)Cc1cc(=O)[nH]o1)[C@H]2C(=O)Cc1cc(F)c(C(C)(C)COCC(F)F)c(F)c1. The van der Waals surface area contributed by atoms with Gasteiger partial charge in [0.15, 0.2) is 5.78 Å². The standard InChI is InChI=1S/C29H30F4N2O6/c1-29(2,15-40-14-24(32)33)27-21(30)8-16(9-22(27)31)10-23(36)28-20-5-4-18(39-3)11-17(20)6-7-35(28)26(38)13-19-12-25(37)34-41-19/h4-5,8-9,11-12,24,28H,6-7,10,13-15H2,1-3H3,(H,34,37)/t28-/m1/s1. The van der Waals surface area contributed by atoms with E-state index >= 15 is 8.78 Å². The van der Waals surface area contributed by atoms with E-state index in [4.69, 9.17) is 14.0 Å². The zero-order chi connectivity index (χ0) is 29.9. The predicted molar refractivity (Wildman–Crippen MR) is 139 cm³/mol. The van der Waals surface area contributed by atoms with Crippen molar-refractivity contribution in [2.75, 3.05) is 26.9 Å². The smallest absolute Gasteiger partial charge is 0.280 e. The van der Waals surface area contributed by atoms with Crippen molar-refractivity contribution >= 4 is 11.7 Å². The van der Waals surface area contributed by atoms with Crippen LogP contribution in [-0.4, -0.2) is 55.0 Å². The van der Waals surface area contributed by atoms with Crippen LogP contribution in [0.3, 0.4) is 0 Å². The molecule has 0 aliphatic carbocycles. The fourth-order valence-corrected chi connectivity index (χ4v) is 5.15. The predicted octanol–water partition coefficient (Wildman–Crippen LogP) is 4.29. The molecule has 1 aliphatic heterocycles. The summed E-state index contributed by atoms with van der Waals surface area (Å²) in [6, 6.07) is 7.25. The third kappa shape index (κ3) is 6.87. The fourth-order valence-electron chi connectivity index (χ4n) is 5.15. The van der Waals surface area contributed by atoms with Gasteiger partial charge in [0.25, 0.3) is 12.0 Å². The number of nitrogens with one attached hydrogen (secondary N) is 1. The molecule has 0 unspecified atom stereocenters. The van der Waals surface area contributed by atoms with Gasteiger partial charge in [0, 0.05) is 30.0 Å². The van der Waals surface area contributed by atoms with Crippen molar-refractivity contribution in [3.8, 4) is 5.75 Å². The van der Waals surface area contributed by atoms with Crippen molar-refractivity contribution in [1.82, 2.24) is 10.1 Å². The summed E-state index contributed by atoms with van der Waals surface area (Å²) in [5, 5.41) is 2.12. The van der Waals surface area contributed by atoms with Gasteiger partial charge in [-0.3, -0.25) is 14.4 Å². The number of ether oxygens (including phenoxy) is 2. The Kier molecular flexibility index (Phi) is 9.01. The van der Waals surface area contributed by atoms with Crippen molar-refractivity contribution in [2.24, 2.45) is 0 Å². The largest absolute Gasteiger partial charge is 0.497 e. The molecule has 220 valence electrons. The van der Waals surface area contributed by atoms with Gasteiger partial charge in [0.1, 0.15) is 35.8 Å². The molecule has 0 radical (unpaired) electrons. The molecule has 1 N–H and O–H groups in total. The number of ketones is 1. The number of aromatic amines is 1. The lowest BCUT2D eigenvalue weighted by atomic mass is 9.83. The average Bonchev–Trinajstić information content (AvgIpc) is 3.30. The molecule has 1 atom stereocenters. The third-order valence-corrected chi connectivity index (χ3v) is 6.97. The zero-order valence-electron chi connectivity index (χ0n) is 22.8. The van der Waals surface area contributed by atoms with Crippen molar-refractivity contribution in [2.45, 2.75) is 51.0 Å². The van der Waals surface area contributed by atoms with E-state index in [0.717, 1.165) is 23.8 Å². The first-order valence-corrected chi connectivity index (χ1v) is 12.9. The average molecular weight is 579 g/mol. The van der Waals surface area contributed by atoms with Crippen LogP contribution in [0.15, 0.2) is 45.7 Å². The van der Waals surface area contributed by atoms with Crippen molar-refractivity contribution in [3.63, 3.8) is 0 Å². The highest BCUT2D eigenvalue weighted by Crippen LogP contribution is 2.35. The van der Waals surface area contributed by atoms with Crippen LogP contribution >= 0.6 is 0 Å². The van der Waals surface area contributed by atoms with E-state index in [1.54, 1.807) is 18.2 Å². The van der Waals surface area contributed by atoms with Crippen LogP contribution in [0.1, 0.15) is 47.9 Å².